The summed E-state index contributed by atoms with van der Waals surface area (Å²) >= 11 is 1.50. The highest BCUT2D eigenvalue weighted by atomic mass is 32.1. The molecule has 0 atom stereocenters. The molecule has 5 nitrogen and oxygen atoms in total. The molecule has 3 aromatic heterocycles. The van der Waals surface area contributed by atoms with E-state index in [1.165, 1.54) is 36.0 Å². The number of hydrogen-bond donors (Lipinski definition) is 3. The number of rotatable bonds is 4. The maximum atomic E-state index is 12.7. The van der Waals surface area contributed by atoms with Crippen LogP contribution in [0.3, 0.4) is 0 Å². The first-order valence-electron chi connectivity index (χ1n) is 10.2. The van der Waals surface area contributed by atoms with Crippen LogP contribution in [-0.2, 0) is 0 Å². The minimum absolute atomic E-state index is 0.0232. The summed E-state index contributed by atoms with van der Waals surface area (Å²) in [5.74, 6) is 0.0232. The van der Waals surface area contributed by atoms with E-state index in [9.17, 15) is 4.79 Å². The Morgan fingerprint density at radius 3 is 2.86 bits per heavy atom. The third-order valence-corrected chi connectivity index (χ3v) is 6.77. The number of nitrogens with one attached hydrogen (secondary N) is 3. The van der Waals surface area contributed by atoms with Crippen molar-refractivity contribution in [2.75, 3.05) is 5.32 Å². The number of hydrogen-bond acceptors (Lipinski definition) is 4. The van der Waals surface area contributed by atoms with E-state index in [0.717, 1.165) is 50.5 Å². The van der Waals surface area contributed by atoms with Gasteiger partial charge < -0.3 is 15.6 Å². The molecule has 148 valence electrons. The maximum Gasteiger partial charge on any atom is 0.261 e. The number of thiophene rings is 1. The number of aromatic amines is 1. The summed E-state index contributed by atoms with van der Waals surface area (Å²) in [6.07, 6.45) is 7.66. The topological polar surface area (TPSA) is 69.8 Å². The first kappa shape index (κ1) is 18.2. The normalized spacial score (nSPS) is 15.1. The number of aromatic nitrogens is 2. The monoisotopic (exact) mass is 404 g/mol. The second-order valence-electron chi connectivity index (χ2n) is 7.87. The zero-order valence-electron chi connectivity index (χ0n) is 16.4. The molecule has 1 saturated carbocycles. The summed E-state index contributed by atoms with van der Waals surface area (Å²) < 4.78 is 1.01. The molecule has 0 radical (unpaired) electrons. The van der Waals surface area contributed by atoms with E-state index in [2.05, 4.69) is 51.8 Å². The van der Waals surface area contributed by atoms with Gasteiger partial charge in [-0.1, -0.05) is 19.3 Å². The molecule has 0 spiro atoms. The Kier molecular flexibility index (Phi) is 4.72. The molecule has 1 aliphatic rings. The minimum Gasteiger partial charge on any atom is -0.359 e. The summed E-state index contributed by atoms with van der Waals surface area (Å²) in [7, 11) is 0. The molecule has 3 heterocycles. The van der Waals surface area contributed by atoms with Gasteiger partial charge in [0.1, 0.15) is 0 Å². The van der Waals surface area contributed by atoms with Gasteiger partial charge in [0.05, 0.1) is 20.8 Å². The molecule has 1 aromatic carbocycles. The average Bonchev–Trinajstić information content (AvgIpc) is 3.32. The van der Waals surface area contributed by atoms with Crippen molar-refractivity contribution in [3.8, 4) is 0 Å². The molecule has 3 N–H and O–H groups in total. The lowest BCUT2D eigenvalue weighted by atomic mass is 9.95. The summed E-state index contributed by atoms with van der Waals surface area (Å²) in [5.41, 5.74) is 5.13. The summed E-state index contributed by atoms with van der Waals surface area (Å²) in [6, 6.07) is 12.6. The van der Waals surface area contributed by atoms with E-state index in [1.54, 1.807) is 6.20 Å². The van der Waals surface area contributed by atoms with Crippen LogP contribution < -0.4 is 10.6 Å². The van der Waals surface area contributed by atoms with Crippen molar-refractivity contribution in [3.63, 3.8) is 0 Å². The minimum atomic E-state index is 0.0232. The van der Waals surface area contributed by atoms with E-state index >= 15 is 0 Å². The summed E-state index contributed by atoms with van der Waals surface area (Å²) in [6.45, 7) is 2.06. The van der Waals surface area contributed by atoms with Gasteiger partial charge in [0.25, 0.3) is 5.91 Å². The second kappa shape index (κ2) is 7.52. The first-order chi connectivity index (χ1) is 14.2. The van der Waals surface area contributed by atoms with Gasteiger partial charge in [-0.2, -0.15) is 0 Å². The van der Waals surface area contributed by atoms with Crippen molar-refractivity contribution in [1.29, 1.82) is 0 Å². The van der Waals surface area contributed by atoms with Crippen LogP contribution in [-0.4, -0.2) is 21.9 Å². The van der Waals surface area contributed by atoms with Crippen molar-refractivity contribution in [1.82, 2.24) is 15.3 Å². The number of aryl methyl sites for hydroxylation is 1. The molecule has 0 saturated heterocycles. The van der Waals surface area contributed by atoms with Gasteiger partial charge in [0, 0.05) is 34.5 Å². The van der Waals surface area contributed by atoms with Gasteiger partial charge in [0.15, 0.2) is 0 Å². The van der Waals surface area contributed by atoms with Crippen molar-refractivity contribution in [3.05, 3.63) is 53.2 Å². The van der Waals surface area contributed by atoms with Crippen molar-refractivity contribution >= 4 is 49.7 Å². The molecular formula is C23H24N4OS. The number of carbonyl (C=O) groups is 1. The molecular weight excluding hydrogens is 380 g/mol. The van der Waals surface area contributed by atoms with Crippen LogP contribution in [0.15, 0.2) is 42.6 Å². The Morgan fingerprint density at radius 2 is 2.00 bits per heavy atom. The molecule has 0 unspecified atom stereocenters. The lowest BCUT2D eigenvalue weighted by Gasteiger charge is -2.22. The SMILES string of the molecule is Cc1cc2cc(Nc3ccnc4cc(C(=O)NC5CCCCC5)sc34)ccc2[nH]1. The van der Waals surface area contributed by atoms with Crippen LogP contribution >= 0.6 is 11.3 Å². The standard InChI is InChI=1S/C23H24N4OS/c1-14-11-15-12-17(7-8-18(15)25-14)26-19-9-10-24-20-13-21(29-22(19)20)23(28)27-16-5-3-2-4-6-16/h7-13,16,25H,2-6H2,1H3,(H,24,26)(H,27,28). The number of pyridine rings is 1. The zero-order valence-corrected chi connectivity index (χ0v) is 17.2. The molecule has 1 aliphatic carbocycles. The van der Waals surface area contributed by atoms with Crippen LogP contribution in [0.4, 0.5) is 11.4 Å². The third kappa shape index (κ3) is 3.72. The van der Waals surface area contributed by atoms with E-state index in [4.69, 9.17) is 0 Å². The number of amides is 1. The maximum absolute atomic E-state index is 12.7. The van der Waals surface area contributed by atoms with Gasteiger partial charge in [-0.15, -0.1) is 11.3 Å². The van der Waals surface area contributed by atoms with E-state index in [1.807, 2.05) is 12.1 Å². The van der Waals surface area contributed by atoms with Crippen LogP contribution in [0.1, 0.15) is 47.5 Å². The predicted octanol–water partition coefficient (Wildman–Crippen LogP) is 5.89. The van der Waals surface area contributed by atoms with E-state index in [0.29, 0.717) is 6.04 Å². The van der Waals surface area contributed by atoms with Crippen molar-refractivity contribution in [2.45, 2.75) is 45.1 Å². The summed E-state index contributed by atoms with van der Waals surface area (Å²) in [5, 5.41) is 7.89. The Balaban J connectivity index is 1.41. The van der Waals surface area contributed by atoms with Crippen LogP contribution in [0.25, 0.3) is 21.1 Å². The molecule has 4 aromatic rings. The van der Waals surface area contributed by atoms with Crippen LogP contribution in [0, 0.1) is 6.92 Å². The Hall–Kier alpha value is -2.86. The lowest BCUT2D eigenvalue weighted by Crippen LogP contribution is -2.35. The third-order valence-electron chi connectivity index (χ3n) is 5.61. The zero-order chi connectivity index (χ0) is 19.8. The fourth-order valence-electron chi connectivity index (χ4n) is 4.16. The predicted molar refractivity (Wildman–Crippen MR) is 120 cm³/mol. The van der Waals surface area contributed by atoms with Crippen molar-refractivity contribution in [2.24, 2.45) is 0 Å². The van der Waals surface area contributed by atoms with Gasteiger partial charge in [-0.05, 0) is 56.2 Å². The highest BCUT2D eigenvalue weighted by Gasteiger charge is 2.19. The number of nitrogens with zero attached hydrogens (tertiary/aromatic N) is 1. The highest BCUT2D eigenvalue weighted by molar-refractivity contribution is 7.21. The lowest BCUT2D eigenvalue weighted by molar-refractivity contribution is 0.0932. The van der Waals surface area contributed by atoms with Gasteiger partial charge in [0.2, 0.25) is 0 Å². The first-order valence-corrected chi connectivity index (χ1v) is 11.0. The van der Waals surface area contributed by atoms with Gasteiger partial charge in [-0.25, -0.2) is 0 Å². The molecule has 5 rings (SSSR count). The molecule has 1 fully saturated rings. The molecule has 0 bridgehead atoms. The molecule has 6 heteroatoms. The number of H-pyrrole nitrogens is 1. The molecule has 1 amide bonds. The Bertz CT molecular complexity index is 1190. The number of fused-ring (bicyclic) bond motifs is 2. The quantitative estimate of drug-likeness (QED) is 0.397. The number of benzene rings is 1. The average molecular weight is 405 g/mol. The van der Waals surface area contributed by atoms with Crippen LogP contribution in [0.2, 0.25) is 0 Å². The Labute approximate surface area is 173 Å². The largest absolute Gasteiger partial charge is 0.359 e. The molecule has 29 heavy (non-hydrogen) atoms. The molecule has 0 aliphatic heterocycles. The van der Waals surface area contributed by atoms with Gasteiger partial charge >= 0.3 is 0 Å². The smallest absolute Gasteiger partial charge is 0.261 e. The van der Waals surface area contributed by atoms with E-state index < -0.39 is 0 Å². The summed E-state index contributed by atoms with van der Waals surface area (Å²) in [4.78, 5) is 21.3. The second-order valence-corrected chi connectivity index (χ2v) is 8.92. The van der Waals surface area contributed by atoms with Gasteiger partial charge in [-0.3, -0.25) is 9.78 Å². The van der Waals surface area contributed by atoms with Crippen molar-refractivity contribution < 1.29 is 4.79 Å². The number of anilines is 2. The van der Waals surface area contributed by atoms with E-state index in [-0.39, 0.29) is 5.91 Å². The van der Waals surface area contributed by atoms with Crippen LogP contribution in [0.5, 0.6) is 0 Å². The number of carbonyl (C=O) groups excluding carboxylic acids is 1. The fraction of sp³-hybridized carbons (Fsp3) is 0.304. The Morgan fingerprint density at radius 1 is 1.14 bits per heavy atom. The fourth-order valence-corrected chi connectivity index (χ4v) is 5.15. The highest BCUT2D eigenvalue weighted by Crippen LogP contribution is 2.33.